The van der Waals surface area contributed by atoms with Crippen LogP contribution in [0.2, 0.25) is 0 Å². The maximum absolute atomic E-state index is 12.4. The van der Waals surface area contributed by atoms with Crippen LogP contribution in [0.15, 0.2) is 24.3 Å². The van der Waals surface area contributed by atoms with Crippen molar-refractivity contribution in [3.63, 3.8) is 0 Å². The van der Waals surface area contributed by atoms with Gasteiger partial charge in [0, 0.05) is 11.4 Å². The molecule has 0 aromatic heterocycles. The van der Waals surface area contributed by atoms with Crippen molar-refractivity contribution in [1.29, 1.82) is 0 Å². The van der Waals surface area contributed by atoms with Crippen LogP contribution in [-0.2, 0) is 6.18 Å². The zero-order valence-corrected chi connectivity index (χ0v) is 9.99. The van der Waals surface area contributed by atoms with Crippen molar-refractivity contribution < 1.29 is 18.0 Å². The van der Waals surface area contributed by atoms with Crippen LogP contribution in [0.25, 0.3) is 0 Å². The average Bonchev–Trinajstić information content (AvgIpc) is 2.25. The maximum atomic E-state index is 12.4. The molecule has 0 bridgehead atoms. The summed E-state index contributed by atoms with van der Waals surface area (Å²) in [5, 5.41) is 2.07. The first-order valence-electron chi connectivity index (χ1n) is 5.04. The number of alkyl halides is 3. The molecule has 0 spiro atoms. The summed E-state index contributed by atoms with van der Waals surface area (Å²) in [6.07, 6.45) is -3.56. The minimum absolute atomic E-state index is 0.161. The normalized spacial score (nSPS) is 11.3. The Morgan fingerprint density at radius 2 is 2.12 bits per heavy atom. The lowest BCUT2D eigenvalue weighted by Crippen LogP contribution is -2.08. The molecule has 2 nitrogen and oxygen atoms in total. The molecule has 17 heavy (non-hydrogen) atoms. The van der Waals surface area contributed by atoms with Gasteiger partial charge in [-0.25, -0.2) is 0 Å². The molecule has 0 fully saturated rings. The highest BCUT2D eigenvalue weighted by molar-refractivity contribution is 8.13. The lowest BCUT2D eigenvalue weighted by molar-refractivity contribution is -0.137. The second-order valence-electron chi connectivity index (χ2n) is 3.34. The van der Waals surface area contributed by atoms with Crippen molar-refractivity contribution in [2.75, 3.05) is 11.1 Å². The molecule has 0 aliphatic carbocycles. The second kappa shape index (κ2) is 5.95. The van der Waals surface area contributed by atoms with E-state index < -0.39 is 11.7 Å². The zero-order valence-electron chi connectivity index (χ0n) is 9.17. The summed E-state index contributed by atoms with van der Waals surface area (Å²) in [6, 6.07) is 4.59. The number of benzene rings is 1. The highest BCUT2D eigenvalue weighted by Crippen LogP contribution is 2.30. The molecule has 0 heterocycles. The summed E-state index contributed by atoms with van der Waals surface area (Å²) in [5.41, 5.74) is -0.607. The van der Waals surface area contributed by atoms with Gasteiger partial charge in [0.25, 0.3) is 5.24 Å². The Morgan fingerprint density at radius 1 is 1.41 bits per heavy atom. The standard InChI is InChI=1S/C11H12F3NOS/c1-2-6-17-10(16)15-9-5-3-4-8(7-9)11(12,13)14/h3-5,7H,2,6H2,1H3,(H,15,16). The molecule has 0 unspecified atom stereocenters. The Kier molecular flexibility index (Phi) is 4.86. The van der Waals surface area contributed by atoms with Gasteiger partial charge in [0.05, 0.1) is 5.56 Å². The Balaban J connectivity index is 2.69. The molecule has 1 aromatic carbocycles. The van der Waals surface area contributed by atoms with Gasteiger partial charge in [-0.2, -0.15) is 13.2 Å². The SMILES string of the molecule is CCCSC(=O)Nc1cccc(C(F)(F)F)c1. The number of carbonyl (C=O) groups excluding carboxylic acids is 1. The number of anilines is 1. The first-order valence-corrected chi connectivity index (χ1v) is 6.03. The molecule has 94 valence electrons. The fourth-order valence-electron chi connectivity index (χ4n) is 1.12. The van der Waals surface area contributed by atoms with E-state index >= 15 is 0 Å². The fourth-order valence-corrected chi connectivity index (χ4v) is 1.70. The third-order valence-electron chi connectivity index (χ3n) is 1.87. The molecule has 0 aliphatic heterocycles. The van der Waals surface area contributed by atoms with Crippen LogP contribution < -0.4 is 5.32 Å². The molecular weight excluding hydrogens is 251 g/mol. The first-order chi connectivity index (χ1) is 7.93. The third kappa shape index (κ3) is 4.68. The Bertz CT molecular complexity index is 393. The molecule has 0 saturated carbocycles. The van der Waals surface area contributed by atoms with E-state index in [9.17, 15) is 18.0 Å². The molecule has 1 rings (SSSR count). The molecule has 1 N–H and O–H groups in total. The minimum atomic E-state index is -4.39. The van der Waals surface area contributed by atoms with Crippen LogP contribution in [0.3, 0.4) is 0 Å². The van der Waals surface area contributed by atoms with Crippen LogP contribution in [0.1, 0.15) is 18.9 Å². The summed E-state index contributed by atoms with van der Waals surface area (Å²) < 4.78 is 37.2. The first kappa shape index (κ1) is 13.9. The van der Waals surface area contributed by atoms with Crippen LogP contribution in [0.4, 0.5) is 23.7 Å². The van der Waals surface area contributed by atoms with Gasteiger partial charge in [-0.15, -0.1) is 0 Å². The summed E-state index contributed by atoms with van der Waals surface area (Å²) >= 11 is 1.05. The molecule has 0 radical (unpaired) electrons. The smallest absolute Gasteiger partial charge is 0.317 e. The quantitative estimate of drug-likeness (QED) is 0.876. The van der Waals surface area contributed by atoms with E-state index in [4.69, 9.17) is 0 Å². The summed E-state index contributed by atoms with van der Waals surface area (Å²) in [6.45, 7) is 1.92. The third-order valence-corrected chi connectivity index (χ3v) is 2.85. The van der Waals surface area contributed by atoms with Crippen LogP contribution in [0.5, 0.6) is 0 Å². The predicted octanol–water partition coefficient (Wildman–Crippen LogP) is 4.38. The van der Waals surface area contributed by atoms with Crippen LogP contribution in [0, 0.1) is 0 Å². The highest BCUT2D eigenvalue weighted by Gasteiger charge is 2.30. The van der Waals surface area contributed by atoms with E-state index in [1.165, 1.54) is 12.1 Å². The van der Waals surface area contributed by atoms with E-state index in [-0.39, 0.29) is 10.9 Å². The molecule has 0 aliphatic rings. The van der Waals surface area contributed by atoms with E-state index in [1.54, 1.807) is 0 Å². The van der Waals surface area contributed by atoms with Gasteiger partial charge < -0.3 is 5.32 Å². The summed E-state index contributed by atoms with van der Waals surface area (Å²) in [4.78, 5) is 11.3. The second-order valence-corrected chi connectivity index (χ2v) is 4.41. The van der Waals surface area contributed by atoms with E-state index in [0.717, 1.165) is 30.3 Å². The zero-order chi connectivity index (χ0) is 12.9. The van der Waals surface area contributed by atoms with Crippen molar-refractivity contribution in [2.45, 2.75) is 19.5 Å². The highest BCUT2D eigenvalue weighted by atomic mass is 32.2. The monoisotopic (exact) mass is 263 g/mol. The van der Waals surface area contributed by atoms with Crippen LogP contribution in [-0.4, -0.2) is 11.0 Å². The number of rotatable bonds is 3. The molecule has 1 amide bonds. The number of carbonyl (C=O) groups is 1. The van der Waals surface area contributed by atoms with Crippen molar-refractivity contribution in [3.05, 3.63) is 29.8 Å². The lowest BCUT2D eigenvalue weighted by atomic mass is 10.2. The topological polar surface area (TPSA) is 29.1 Å². The average molecular weight is 263 g/mol. The summed E-state index contributed by atoms with van der Waals surface area (Å²) in [5.74, 6) is 0.644. The number of hydrogen-bond acceptors (Lipinski definition) is 2. The maximum Gasteiger partial charge on any atom is 0.416 e. The van der Waals surface area contributed by atoms with Crippen molar-refractivity contribution in [3.8, 4) is 0 Å². The minimum Gasteiger partial charge on any atom is -0.317 e. The number of hydrogen-bond donors (Lipinski definition) is 1. The number of amides is 1. The largest absolute Gasteiger partial charge is 0.416 e. The fraction of sp³-hybridized carbons (Fsp3) is 0.364. The molecule has 0 atom stereocenters. The van der Waals surface area contributed by atoms with Crippen molar-refractivity contribution >= 4 is 22.7 Å². The van der Waals surface area contributed by atoms with Gasteiger partial charge in [-0.1, -0.05) is 24.8 Å². The Hall–Kier alpha value is -1.17. The van der Waals surface area contributed by atoms with Gasteiger partial charge in [-0.3, -0.25) is 4.79 Å². The van der Waals surface area contributed by atoms with Crippen molar-refractivity contribution in [1.82, 2.24) is 0 Å². The van der Waals surface area contributed by atoms with Gasteiger partial charge in [0.15, 0.2) is 0 Å². The molecular formula is C11H12F3NOS. The molecule has 6 heteroatoms. The Morgan fingerprint density at radius 3 is 2.71 bits per heavy atom. The predicted molar refractivity (Wildman–Crippen MR) is 63.2 cm³/mol. The van der Waals surface area contributed by atoms with Crippen molar-refractivity contribution in [2.24, 2.45) is 0 Å². The van der Waals surface area contributed by atoms with Gasteiger partial charge in [-0.05, 0) is 24.6 Å². The van der Waals surface area contributed by atoms with E-state index in [0.29, 0.717) is 5.75 Å². The molecule has 1 aromatic rings. The number of halogens is 3. The lowest BCUT2D eigenvalue weighted by Gasteiger charge is -2.09. The Labute approximate surface area is 102 Å². The van der Waals surface area contributed by atoms with Gasteiger partial charge in [0.2, 0.25) is 0 Å². The van der Waals surface area contributed by atoms with E-state index in [1.807, 2.05) is 6.92 Å². The van der Waals surface area contributed by atoms with E-state index in [2.05, 4.69) is 5.32 Å². The number of nitrogens with one attached hydrogen (secondary N) is 1. The number of thioether (sulfide) groups is 1. The summed E-state index contributed by atoms with van der Waals surface area (Å²) in [7, 11) is 0. The van der Waals surface area contributed by atoms with Crippen LogP contribution >= 0.6 is 11.8 Å². The van der Waals surface area contributed by atoms with Gasteiger partial charge in [0.1, 0.15) is 0 Å². The van der Waals surface area contributed by atoms with Gasteiger partial charge >= 0.3 is 6.18 Å². The molecule has 0 saturated heterocycles.